The molecule has 0 spiro atoms. The van der Waals surface area contributed by atoms with Gasteiger partial charge >= 0.3 is 11.9 Å². The molecule has 1 rings (SSSR count). The van der Waals surface area contributed by atoms with E-state index in [0.717, 1.165) is 0 Å². The molecule has 1 heterocycles. The summed E-state index contributed by atoms with van der Waals surface area (Å²) in [6.07, 6.45) is 2.44. The summed E-state index contributed by atoms with van der Waals surface area (Å²) in [6.45, 7) is 5.26. The van der Waals surface area contributed by atoms with Gasteiger partial charge in [-0.3, -0.25) is 4.79 Å². The number of esters is 1. The summed E-state index contributed by atoms with van der Waals surface area (Å²) in [4.78, 5) is 34.0. The summed E-state index contributed by atoms with van der Waals surface area (Å²) in [5.74, 6) is -1.67. The molecule has 0 aliphatic rings. The lowest BCUT2D eigenvalue weighted by molar-refractivity contribution is -0.146. The molecule has 0 aliphatic carbocycles. The van der Waals surface area contributed by atoms with E-state index in [1.54, 1.807) is 20.8 Å². The highest BCUT2D eigenvalue weighted by atomic mass is 16.5. The Kier molecular flexibility index (Phi) is 4.86. The van der Waals surface area contributed by atoms with E-state index in [2.05, 4.69) is 0 Å². The topological polar surface area (TPSA) is 85.6 Å². The Bertz CT molecular complexity index is 503. The van der Waals surface area contributed by atoms with Crippen molar-refractivity contribution in [2.45, 2.75) is 33.2 Å². The Morgan fingerprint density at radius 3 is 2.53 bits per heavy atom. The number of aromatic nitrogens is 1. The van der Waals surface area contributed by atoms with E-state index in [1.807, 2.05) is 0 Å². The van der Waals surface area contributed by atoms with Crippen molar-refractivity contribution in [3.63, 3.8) is 0 Å². The third-order valence-electron chi connectivity index (χ3n) is 2.90. The normalized spacial score (nSPS) is 11.9. The number of carboxylic acid groups (broad SMARTS) is 1. The van der Waals surface area contributed by atoms with Gasteiger partial charge in [-0.25, -0.2) is 9.59 Å². The predicted octanol–water partition coefficient (Wildman–Crippen LogP) is 1.69. The third kappa shape index (κ3) is 2.83. The Hall–Kier alpha value is -2.11. The van der Waals surface area contributed by atoms with Crippen molar-refractivity contribution in [3.8, 4) is 0 Å². The predicted molar refractivity (Wildman–Crippen MR) is 67.5 cm³/mol. The maximum absolute atomic E-state index is 11.7. The number of nitrogens with zero attached hydrogens (tertiary/aromatic N) is 1. The van der Waals surface area contributed by atoms with Crippen LogP contribution in [0.2, 0.25) is 0 Å². The van der Waals surface area contributed by atoms with Gasteiger partial charge in [0.25, 0.3) is 0 Å². The van der Waals surface area contributed by atoms with Gasteiger partial charge in [0.1, 0.15) is 6.04 Å². The van der Waals surface area contributed by atoms with Gasteiger partial charge in [0.2, 0.25) is 0 Å². The Morgan fingerprint density at radius 1 is 1.47 bits per heavy atom. The molecule has 1 aromatic rings. The van der Waals surface area contributed by atoms with Crippen molar-refractivity contribution in [3.05, 3.63) is 23.0 Å². The number of rotatable bonds is 6. The SMILES string of the molecule is CCOC(=O)C(C)n1cc(CC)c(C(=O)O)c1C=O. The van der Waals surface area contributed by atoms with E-state index in [9.17, 15) is 14.4 Å². The molecule has 1 N–H and O–H groups in total. The van der Waals surface area contributed by atoms with Gasteiger partial charge in [0, 0.05) is 6.20 Å². The van der Waals surface area contributed by atoms with Gasteiger partial charge in [0.15, 0.2) is 6.29 Å². The molecule has 0 saturated heterocycles. The minimum Gasteiger partial charge on any atom is -0.478 e. The van der Waals surface area contributed by atoms with Crippen LogP contribution in [0.5, 0.6) is 0 Å². The summed E-state index contributed by atoms with van der Waals surface area (Å²) in [5.41, 5.74) is 0.462. The number of ether oxygens (including phenoxy) is 1. The van der Waals surface area contributed by atoms with Crippen molar-refractivity contribution in [1.82, 2.24) is 4.57 Å². The van der Waals surface area contributed by atoms with Crippen LogP contribution >= 0.6 is 0 Å². The average Bonchev–Trinajstić information content (AvgIpc) is 2.76. The zero-order valence-corrected chi connectivity index (χ0v) is 11.2. The lowest BCUT2D eigenvalue weighted by Crippen LogP contribution is -2.20. The number of hydrogen-bond acceptors (Lipinski definition) is 4. The van der Waals surface area contributed by atoms with E-state index in [1.165, 1.54) is 10.8 Å². The molecule has 19 heavy (non-hydrogen) atoms. The zero-order valence-electron chi connectivity index (χ0n) is 11.2. The number of aldehydes is 1. The van der Waals surface area contributed by atoms with E-state index >= 15 is 0 Å². The first-order valence-corrected chi connectivity index (χ1v) is 6.06. The smallest absolute Gasteiger partial charge is 0.338 e. The fourth-order valence-corrected chi connectivity index (χ4v) is 1.93. The van der Waals surface area contributed by atoms with E-state index < -0.39 is 18.0 Å². The minimum atomic E-state index is -1.17. The van der Waals surface area contributed by atoms with Gasteiger partial charge in [-0.2, -0.15) is 0 Å². The molecule has 104 valence electrons. The quantitative estimate of drug-likeness (QED) is 0.626. The molecule has 6 heteroatoms. The Labute approximate surface area is 111 Å². The number of aromatic carboxylic acids is 1. The van der Waals surface area contributed by atoms with E-state index in [4.69, 9.17) is 9.84 Å². The molecule has 0 radical (unpaired) electrons. The molecule has 1 atom stereocenters. The van der Waals surface area contributed by atoms with E-state index in [0.29, 0.717) is 18.3 Å². The fourth-order valence-electron chi connectivity index (χ4n) is 1.93. The first kappa shape index (κ1) is 14.9. The van der Waals surface area contributed by atoms with Gasteiger partial charge in [-0.1, -0.05) is 6.92 Å². The average molecular weight is 267 g/mol. The first-order chi connectivity index (χ1) is 8.97. The fraction of sp³-hybridized carbons (Fsp3) is 0.462. The number of carbonyl (C=O) groups excluding carboxylic acids is 2. The van der Waals surface area contributed by atoms with Crippen LogP contribution in [-0.4, -0.2) is 34.5 Å². The molecule has 0 fully saturated rings. The lowest BCUT2D eigenvalue weighted by atomic mass is 10.1. The van der Waals surface area contributed by atoms with Crippen LogP contribution in [0.4, 0.5) is 0 Å². The molecule has 0 bridgehead atoms. The van der Waals surface area contributed by atoms with Crippen LogP contribution in [0.1, 0.15) is 53.2 Å². The number of hydrogen-bond donors (Lipinski definition) is 1. The maximum atomic E-state index is 11.7. The zero-order chi connectivity index (χ0) is 14.6. The van der Waals surface area contributed by atoms with Crippen LogP contribution < -0.4 is 0 Å². The second-order valence-electron chi connectivity index (χ2n) is 4.03. The molecule has 0 saturated carbocycles. The standard InChI is InChI=1S/C13H17NO5/c1-4-9-6-14(8(3)13(18)19-5-2)10(7-15)11(9)12(16)17/h6-8H,4-5H2,1-3H3,(H,16,17). The molecular weight excluding hydrogens is 250 g/mol. The lowest BCUT2D eigenvalue weighted by Gasteiger charge is -2.13. The van der Waals surface area contributed by atoms with Gasteiger partial charge in [0.05, 0.1) is 17.9 Å². The van der Waals surface area contributed by atoms with Crippen LogP contribution in [0, 0.1) is 0 Å². The van der Waals surface area contributed by atoms with Crippen LogP contribution in [0.3, 0.4) is 0 Å². The van der Waals surface area contributed by atoms with Crippen LogP contribution in [0.25, 0.3) is 0 Å². The first-order valence-electron chi connectivity index (χ1n) is 6.06. The van der Waals surface area contributed by atoms with Crippen molar-refractivity contribution < 1.29 is 24.2 Å². The van der Waals surface area contributed by atoms with Crippen LogP contribution in [-0.2, 0) is 16.0 Å². The Morgan fingerprint density at radius 2 is 2.11 bits per heavy atom. The second-order valence-corrected chi connectivity index (χ2v) is 4.03. The van der Waals surface area contributed by atoms with Crippen molar-refractivity contribution in [2.75, 3.05) is 6.61 Å². The largest absolute Gasteiger partial charge is 0.478 e. The summed E-state index contributed by atoms with van der Waals surface area (Å²) < 4.78 is 6.23. The molecule has 1 unspecified atom stereocenters. The minimum absolute atomic E-state index is 0.00935. The highest BCUT2D eigenvalue weighted by Gasteiger charge is 2.25. The number of carboxylic acids is 1. The van der Waals surface area contributed by atoms with E-state index in [-0.39, 0.29) is 17.9 Å². The van der Waals surface area contributed by atoms with Crippen molar-refractivity contribution in [1.29, 1.82) is 0 Å². The third-order valence-corrected chi connectivity index (χ3v) is 2.90. The maximum Gasteiger partial charge on any atom is 0.338 e. The highest BCUT2D eigenvalue weighted by Crippen LogP contribution is 2.22. The monoisotopic (exact) mass is 267 g/mol. The highest BCUT2D eigenvalue weighted by molar-refractivity contribution is 5.98. The van der Waals surface area contributed by atoms with Gasteiger partial charge < -0.3 is 14.4 Å². The molecule has 6 nitrogen and oxygen atoms in total. The molecular formula is C13H17NO5. The number of carbonyl (C=O) groups is 3. The molecule has 1 aromatic heterocycles. The van der Waals surface area contributed by atoms with Crippen molar-refractivity contribution in [2.24, 2.45) is 0 Å². The van der Waals surface area contributed by atoms with Crippen molar-refractivity contribution >= 4 is 18.2 Å². The Balaban J connectivity index is 3.32. The molecule has 0 aromatic carbocycles. The summed E-state index contributed by atoms with van der Waals surface area (Å²) in [5, 5.41) is 9.16. The number of aryl methyl sites for hydroxylation is 1. The summed E-state index contributed by atoms with van der Waals surface area (Å²) in [6, 6.07) is -0.737. The molecule has 0 aliphatic heterocycles. The summed E-state index contributed by atoms with van der Waals surface area (Å²) >= 11 is 0. The van der Waals surface area contributed by atoms with Gasteiger partial charge in [-0.15, -0.1) is 0 Å². The second kappa shape index (κ2) is 6.17. The molecule has 0 amide bonds. The van der Waals surface area contributed by atoms with Crippen LogP contribution in [0.15, 0.2) is 6.20 Å². The van der Waals surface area contributed by atoms with Gasteiger partial charge in [-0.05, 0) is 25.8 Å². The summed E-state index contributed by atoms with van der Waals surface area (Å²) in [7, 11) is 0.